The summed E-state index contributed by atoms with van der Waals surface area (Å²) in [4.78, 5) is 35.0. The molecule has 2 aliphatic heterocycles. The number of aryl methyl sites for hydroxylation is 1. The monoisotopic (exact) mass is 428 g/mol. The summed E-state index contributed by atoms with van der Waals surface area (Å²) in [5, 5.41) is 0. The van der Waals surface area contributed by atoms with Crippen molar-refractivity contribution in [1.82, 2.24) is 14.3 Å². The quantitative estimate of drug-likeness (QED) is 0.540. The van der Waals surface area contributed by atoms with E-state index in [-0.39, 0.29) is 11.5 Å². The maximum absolute atomic E-state index is 13.4. The second-order valence-corrected chi connectivity index (χ2v) is 9.81. The standard InChI is InChI=1S/C21H24N4O2S2/c1-12-8-13(2)11-24(10-12)18-15(9-16-20(27)23(4)21(28)29-16)19(26)25-7-5-6-14(3)17(25)22-18/h5-7,9,12-13H,8,10-11H2,1-4H3/b16-9+/t12-,13-/m0/s1. The van der Waals surface area contributed by atoms with Crippen LogP contribution in [0.2, 0.25) is 0 Å². The number of hydrogen-bond donors (Lipinski definition) is 0. The van der Waals surface area contributed by atoms with E-state index in [4.69, 9.17) is 17.2 Å². The number of anilines is 1. The first-order chi connectivity index (χ1) is 13.8. The van der Waals surface area contributed by atoms with Crippen LogP contribution >= 0.6 is 24.0 Å². The molecule has 2 aliphatic rings. The molecular formula is C21H24N4O2S2. The van der Waals surface area contributed by atoms with Crippen molar-refractivity contribution >= 4 is 51.7 Å². The lowest BCUT2D eigenvalue weighted by Gasteiger charge is -2.36. The maximum atomic E-state index is 13.4. The van der Waals surface area contributed by atoms with Crippen molar-refractivity contribution in [2.75, 3.05) is 25.0 Å². The zero-order valence-electron chi connectivity index (χ0n) is 17.0. The first kappa shape index (κ1) is 20.1. The molecule has 6 nitrogen and oxygen atoms in total. The largest absolute Gasteiger partial charge is 0.355 e. The maximum Gasteiger partial charge on any atom is 0.267 e. The molecule has 8 heteroatoms. The first-order valence-electron chi connectivity index (χ1n) is 9.74. The number of likely N-dealkylation sites (N-methyl/N-ethyl adjacent to an activating group) is 1. The van der Waals surface area contributed by atoms with Gasteiger partial charge in [-0.05, 0) is 42.9 Å². The number of piperidine rings is 1. The number of rotatable bonds is 2. The van der Waals surface area contributed by atoms with Crippen LogP contribution in [0.3, 0.4) is 0 Å². The van der Waals surface area contributed by atoms with Gasteiger partial charge in [0.25, 0.3) is 11.5 Å². The van der Waals surface area contributed by atoms with E-state index < -0.39 is 0 Å². The van der Waals surface area contributed by atoms with E-state index in [1.165, 1.54) is 16.7 Å². The van der Waals surface area contributed by atoms with Crippen LogP contribution in [0, 0.1) is 18.8 Å². The Kier molecular flexibility index (Phi) is 5.25. The molecule has 0 bridgehead atoms. The molecule has 2 aromatic rings. The minimum absolute atomic E-state index is 0.166. The highest BCUT2D eigenvalue weighted by Gasteiger charge is 2.31. The third-order valence-corrected chi connectivity index (χ3v) is 6.98. The Labute approximate surface area is 179 Å². The molecule has 0 unspecified atom stereocenters. The van der Waals surface area contributed by atoms with E-state index in [0.29, 0.717) is 38.1 Å². The summed E-state index contributed by atoms with van der Waals surface area (Å²) in [6.07, 6.45) is 4.56. The third-order valence-electron chi connectivity index (χ3n) is 5.49. The average Bonchev–Trinajstić information content (AvgIpc) is 2.90. The van der Waals surface area contributed by atoms with Crippen LogP contribution in [-0.4, -0.2) is 44.6 Å². The van der Waals surface area contributed by atoms with Crippen LogP contribution in [-0.2, 0) is 4.79 Å². The van der Waals surface area contributed by atoms with Crippen LogP contribution in [0.5, 0.6) is 0 Å². The molecule has 2 atom stereocenters. The topological polar surface area (TPSA) is 57.9 Å². The summed E-state index contributed by atoms with van der Waals surface area (Å²) in [5.41, 5.74) is 1.87. The van der Waals surface area contributed by atoms with Crippen LogP contribution in [0.15, 0.2) is 28.0 Å². The molecule has 0 radical (unpaired) electrons. The number of amides is 1. The lowest BCUT2D eigenvalue weighted by Crippen LogP contribution is -2.40. The zero-order valence-corrected chi connectivity index (χ0v) is 18.6. The van der Waals surface area contributed by atoms with Crippen LogP contribution < -0.4 is 10.5 Å². The number of carbonyl (C=O) groups is 1. The van der Waals surface area contributed by atoms with E-state index in [2.05, 4.69) is 18.7 Å². The van der Waals surface area contributed by atoms with Crippen LogP contribution in [0.1, 0.15) is 31.4 Å². The molecule has 152 valence electrons. The highest BCUT2D eigenvalue weighted by Crippen LogP contribution is 2.33. The fourth-order valence-electron chi connectivity index (χ4n) is 4.18. The highest BCUT2D eigenvalue weighted by atomic mass is 32.2. The molecule has 4 rings (SSSR count). The molecule has 29 heavy (non-hydrogen) atoms. The summed E-state index contributed by atoms with van der Waals surface area (Å²) < 4.78 is 2.06. The van der Waals surface area contributed by atoms with Gasteiger partial charge in [0.15, 0.2) is 0 Å². The molecule has 2 saturated heterocycles. The van der Waals surface area contributed by atoms with Crippen LogP contribution in [0.4, 0.5) is 5.82 Å². The summed E-state index contributed by atoms with van der Waals surface area (Å²) in [6.45, 7) is 8.09. The number of fused-ring (bicyclic) bond motifs is 1. The molecular weight excluding hydrogens is 404 g/mol. The van der Waals surface area contributed by atoms with Gasteiger partial charge in [-0.3, -0.25) is 18.9 Å². The van der Waals surface area contributed by atoms with E-state index in [9.17, 15) is 9.59 Å². The first-order valence-corrected chi connectivity index (χ1v) is 11.0. The van der Waals surface area contributed by atoms with E-state index in [1.807, 2.05) is 19.1 Å². The Morgan fingerprint density at radius 3 is 2.55 bits per heavy atom. The Morgan fingerprint density at radius 1 is 1.24 bits per heavy atom. The van der Waals surface area contributed by atoms with Gasteiger partial charge in [-0.15, -0.1) is 0 Å². The minimum Gasteiger partial charge on any atom is -0.355 e. The van der Waals surface area contributed by atoms with Crippen molar-refractivity contribution in [3.8, 4) is 0 Å². The molecule has 4 heterocycles. The fraction of sp³-hybridized carbons (Fsp3) is 0.429. The molecule has 0 aromatic carbocycles. The minimum atomic E-state index is -0.180. The number of hydrogen-bond acceptors (Lipinski definition) is 6. The van der Waals surface area contributed by atoms with Crippen molar-refractivity contribution in [3.05, 3.63) is 44.7 Å². The van der Waals surface area contributed by atoms with Crippen molar-refractivity contribution < 1.29 is 4.79 Å². The Bertz CT molecular complexity index is 1100. The van der Waals surface area contributed by atoms with Crippen molar-refractivity contribution in [1.29, 1.82) is 0 Å². The number of pyridine rings is 1. The Balaban J connectivity index is 1.94. The fourth-order valence-corrected chi connectivity index (χ4v) is 5.34. The van der Waals surface area contributed by atoms with Gasteiger partial charge in [-0.1, -0.05) is 43.9 Å². The average molecular weight is 429 g/mol. The van der Waals surface area contributed by atoms with Crippen LogP contribution in [0.25, 0.3) is 11.7 Å². The Morgan fingerprint density at radius 2 is 1.93 bits per heavy atom. The van der Waals surface area contributed by atoms with Gasteiger partial charge in [0, 0.05) is 26.3 Å². The van der Waals surface area contributed by atoms with Gasteiger partial charge in [0.1, 0.15) is 15.8 Å². The summed E-state index contributed by atoms with van der Waals surface area (Å²) in [6, 6.07) is 3.79. The summed E-state index contributed by atoms with van der Waals surface area (Å²) >= 11 is 6.47. The Hall–Kier alpha value is -2.19. The normalized spacial score (nSPS) is 24.2. The molecule has 2 aromatic heterocycles. The number of carbonyl (C=O) groups excluding carboxylic acids is 1. The van der Waals surface area contributed by atoms with Gasteiger partial charge in [0.2, 0.25) is 0 Å². The van der Waals surface area contributed by atoms with Gasteiger partial charge in [-0.2, -0.15) is 0 Å². The van der Waals surface area contributed by atoms with Crippen molar-refractivity contribution in [2.24, 2.45) is 11.8 Å². The third kappa shape index (κ3) is 3.59. The molecule has 0 saturated carbocycles. The smallest absolute Gasteiger partial charge is 0.267 e. The van der Waals surface area contributed by atoms with E-state index in [1.54, 1.807) is 23.7 Å². The number of aromatic nitrogens is 2. The van der Waals surface area contributed by atoms with Crippen molar-refractivity contribution in [2.45, 2.75) is 27.2 Å². The lowest BCUT2D eigenvalue weighted by atomic mass is 9.91. The van der Waals surface area contributed by atoms with Gasteiger partial charge in [-0.25, -0.2) is 4.98 Å². The van der Waals surface area contributed by atoms with Gasteiger partial charge in [0.05, 0.1) is 10.5 Å². The summed E-state index contributed by atoms with van der Waals surface area (Å²) in [5.74, 6) is 1.50. The summed E-state index contributed by atoms with van der Waals surface area (Å²) in [7, 11) is 1.66. The molecule has 0 N–H and O–H groups in total. The van der Waals surface area contributed by atoms with Gasteiger partial charge < -0.3 is 4.90 Å². The second-order valence-electron chi connectivity index (χ2n) is 8.13. The molecule has 0 aliphatic carbocycles. The molecule has 2 fully saturated rings. The van der Waals surface area contributed by atoms with Gasteiger partial charge >= 0.3 is 0 Å². The number of thioether (sulfide) groups is 1. The highest BCUT2D eigenvalue weighted by molar-refractivity contribution is 8.26. The van der Waals surface area contributed by atoms with Crippen molar-refractivity contribution in [3.63, 3.8) is 0 Å². The molecule has 0 spiro atoms. The SMILES string of the molecule is Cc1cccn2c(=O)c(/C=C3/SC(=S)N(C)C3=O)c(N3C[C@@H](C)C[C@H](C)C3)nc12. The molecule has 1 amide bonds. The predicted octanol–water partition coefficient (Wildman–Crippen LogP) is 3.32. The second kappa shape index (κ2) is 7.57. The number of nitrogens with zero attached hydrogens (tertiary/aromatic N) is 4. The van der Waals surface area contributed by atoms with E-state index in [0.717, 1.165) is 25.1 Å². The predicted molar refractivity (Wildman–Crippen MR) is 122 cm³/mol. The number of thiocarbonyl (C=S) groups is 1. The van der Waals surface area contributed by atoms with E-state index >= 15 is 0 Å². The zero-order chi connectivity index (χ0) is 20.9. The lowest BCUT2D eigenvalue weighted by molar-refractivity contribution is -0.121.